The van der Waals surface area contributed by atoms with Crippen molar-refractivity contribution in [3.8, 4) is 0 Å². The summed E-state index contributed by atoms with van der Waals surface area (Å²) in [6.45, 7) is 0.571. The zero-order valence-corrected chi connectivity index (χ0v) is 9.35. The van der Waals surface area contributed by atoms with Gasteiger partial charge in [0.2, 0.25) is 0 Å². The third-order valence-corrected chi connectivity index (χ3v) is 3.44. The van der Waals surface area contributed by atoms with Gasteiger partial charge in [0, 0.05) is 20.2 Å². The van der Waals surface area contributed by atoms with Gasteiger partial charge in [-0.25, -0.2) is 0 Å². The Morgan fingerprint density at radius 2 is 2.17 bits per heavy atom. The molecule has 68 valence electrons. The summed E-state index contributed by atoms with van der Waals surface area (Å²) >= 11 is 2.28. The molecule has 2 radical (unpaired) electrons. The van der Waals surface area contributed by atoms with Gasteiger partial charge in [0.1, 0.15) is 7.85 Å². The minimum atomic E-state index is -0.322. The fraction of sp³-hybridized carbons (Fsp3) is 1.00. The van der Waals surface area contributed by atoms with Crippen molar-refractivity contribution in [3.63, 3.8) is 0 Å². The Morgan fingerprint density at radius 1 is 1.50 bits per heavy atom. The predicted octanol–water partition coefficient (Wildman–Crippen LogP) is 0.345. The summed E-state index contributed by atoms with van der Waals surface area (Å²) in [5.74, 6) is 0. The molecule has 1 rings (SSSR count). The monoisotopic (exact) mass is 282 g/mol. The molecule has 0 spiro atoms. The molecule has 1 saturated heterocycles. The van der Waals surface area contributed by atoms with Crippen LogP contribution in [0.5, 0.6) is 0 Å². The van der Waals surface area contributed by atoms with Crippen molar-refractivity contribution in [1.82, 2.24) is 0 Å². The molecule has 0 aromatic heterocycles. The third-order valence-electron chi connectivity index (χ3n) is 1.93. The Bertz CT molecular complexity index is 147. The largest absolute Gasteiger partial charge is 0.382 e. The van der Waals surface area contributed by atoms with Gasteiger partial charge in [0.15, 0.2) is 0 Å². The van der Waals surface area contributed by atoms with E-state index in [1.54, 1.807) is 14.2 Å². The lowest BCUT2D eigenvalue weighted by atomic mass is 9.94. The van der Waals surface area contributed by atoms with Crippen molar-refractivity contribution >= 4 is 30.4 Å². The van der Waals surface area contributed by atoms with E-state index in [4.69, 9.17) is 22.1 Å². The first-order valence-electron chi connectivity index (χ1n) is 3.77. The van der Waals surface area contributed by atoms with Crippen LogP contribution < -0.4 is 0 Å². The van der Waals surface area contributed by atoms with Gasteiger partial charge >= 0.3 is 0 Å². The zero-order chi connectivity index (χ0) is 9.14. The number of ether oxygens (including phenoxy) is 3. The summed E-state index contributed by atoms with van der Waals surface area (Å²) in [6.07, 6.45) is 0.0290. The maximum atomic E-state index is 5.69. The van der Waals surface area contributed by atoms with Crippen LogP contribution in [0.4, 0.5) is 0 Å². The van der Waals surface area contributed by atoms with E-state index in [1.165, 1.54) is 0 Å². The quantitative estimate of drug-likeness (QED) is 0.424. The molecule has 0 aliphatic carbocycles. The Labute approximate surface area is 87.7 Å². The fourth-order valence-corrected chi connectivity index (χ4v) is 2.39. The lowest BCUT2D eigenvalue weighted by Gasteiger charge is -2.15. The van der Waals surface area contributed by atoms with E-state index < -0.39 is 0 Å². The van der Waals surface area contributed by atoms with Crippen molar-refractivity contribution in [3.05, 3.63) is 0 Å². The molecule has 1 aliphatic heterocycles. The molecule has 1 aliphatic rings. The number of methoxy groups -OCH3 is 2. The standard InChI is InChI=1S/C7H12BIO3/c1-10-3-4-5(9)6(11-2)7(8)12-4/h4-7H,3H2,1-2H3/t4-,5-,6-,7-/m1/s1. The third kappa shape index (κ3) is 2.13. The molecule has 12 heavy (non-hydrogen) atoms. The van der Waals surface area contributed by atoms with Crippen LogP contribution in [0.3, 0.4) is 0 Å². The zero-order valence-electron chi connectivity index (χ0n) is 7.20. The topological polar surface area (TPSA) is 27.7 Å². The van der Waals surface area contributed by atoms with Crippen LogP contribution in [0.15, 0.2) is 0 Å². The summed E-state index contributed by atoms with van der Waals surface area (Å²) in [4.78, 5) is 0. The molecular weight excluding hydrogens is 270 g/mol. The van der Waals surface area contributed by atoms with Crippen LogP contribution in [0.2, 0.25) is 0 Å². The van der Waals surface area contributed by atoms with Crippen molar-refractivity contribution in [2.45, 2.75) is 22.1 Å². The molecule has 1 fully saturated rings. The molecule has 3 nitrogen and oxygen atoms in total. The predicted molar refractivity (Wildman–Crippen MR) is 54.9 cm³/mol. The van der Waals surface area contributed by atoms with Crippen LogP contribution in [0, 0.1) is 0 Å². The number of halogens is 1. The molecule has 0 bridgehead atoms. The molecule has 0 aromatic rings. The first-order chi connectivity index (χ1) is 5.70. The van der Waals surface area contributed by atoms with E-state index in [9.17, 15) is 0 Å². The van der Waals surface area contributed by atoms with Crippen LogP contribution in [0.1, 0.15) is 0 Å². The Hall–Kier alpha value is 0.675. The Balaban J connectivity index is 2.49. The maximum Gasteiger partial charge on any atom is 0.112 e. The average molecular weight is 282 g/mol. The molecule has 0 unspecified atom stereocenters. The normalized spacial score (nSPS) is 41.9. The smallest absolute Gasteiger partial charge is 0.112 e. The van der Waals surface area contributed by atoms with E-state index in [0.29, 0.717) is 6.61 Å². The highest BCUT2D eigenvalue weighted by molar-refractivity contribution is 14.1. The molecule has 5 heteroatoms. The molecular formula is C7H12BIO3. The number of hydrogen-bond acceptors (Lipinski definition) is 3. The highest BCUT2D eigenvalue weighted by atomic mass is 127. The van der Waals surface area contributed by atoms with Crippen LogP contribution in [-0.4, -0.2) is 50.8 Å². The van der Waals surface area contributed by atoms with Gasteiger partial charge in [-0.05, 0) is 0 Å². The average Bonchev–Trinajstić information content (AvgIpc) is 2.29. The van der Waals surface area contributed by atoms with Gasteiger partial charge in [0.05, 0.1) is 22.7 Å². The Kier molecular flexibility index (Phi) is 4.29. The fourth-order valence-electron chi connectivity index (χ4n) is 1.31. The number of hydrogen-bond donors (Lipinski definition) is 0. The lowest BCUT2D eigenvalue weighted by Crippen LogP contribution is -2.31. The second kappa shape index (κ2) is 4.78. The summed E-state index contributed by atoms with van der Waals surface area (Å²) in [5.41, 5.74) is 0. The highest BCUT2D eigenvalue weighted by Gasteiger charge is 2.40. The van der Waals surface area contributed by atoms with Crippen LogP contribution in [0.25, 0.3) is 0 Å². The molecule has 0 saturated carbocycles. The first-order valence-corrected chi connectivity index (χ1v) is 5.02. The number of alkyl halides is 1. The second-order valence-corrected chi connectivity index (χ2v) is 4.18. The molecule has 0 N–H and O–H groups in total. The molecule has 1 heterocycles. The van der Waals surface area contributed by atoms with Gasteiger partial charge in [-0.2, -0.15) is 0 Å². The van der Waals surface area contributed by atoms with E-state index >= 15 is 0 Å². The summed E-state index contributed by atoms with van der Waals surface area (Å²) in [6, 6.07) is -0.322. The van der Waals surface area contributed by atoms with Gasteiger partial charge in [-0.1, -0.05) is 22.6 Å². The molecule has 4 atom stereocenters. The van der Waals surface area contributed by atoms with E-state index in [-0.39, 0.29) is 22.1 Å². The summed E-state index contributed by atoms with van der Waals surface area (Å²) in [7, 11) is 8.99. The van der Waals surface area contributed by atoms with E-state index in [1.807, 2.05) is 0 Å². The van der Waals surface area contributed by atoms with Gasteiger partial charge < -0.3 is 14.2 Å². The van der Waals surface area contributed by atoms with Crippen molar-refractivity contribution in [1.29, 1.82) is 0 Å². The van der Waals surface area contributed by atoms with Crippen molar-refractivity contribution < 1.29 is 14.2 Å². The summed E-state index contributed by atoms with van der Waals surface area (Å²) in [5, 5.41) is 0. The van der Waals surface area contributed by atoms with Crippen molar-refractivity contribution in [2.24, 2.45) is 0 Å². The first kappa shape index (κ1) is 10.8. The van der Waals surface area contributed by atoms with Crippen molar-refractivity contribution in [2.75, 3.05) is 20.8 Å². The van der Waals surface area contributed by atoms with E-state index in [0.717, 1.165) is 0 Å². The second-order valence-electron chi connectivity index (χ2n) is 2.74. The van der Waals surface area contributed by atoms with E-state index in [2.05, 4.69) is 22.6 Å². The van der Waals surface area contributed by atoms with Gasteiger partial charge in [-0.15, -0.1) is 0 Å². The maximum absolute atomic E-state index is 5.69. The summed E-state index contributed by atoms with van der Waals surface area (Å²) < 4.78 is 15.9. The van der Waals surface area contributed by atoms with Crippen LogP contribution in [-0.2, 0) is 14.2 Å². The molecule has 0 amide bonds. The lowest BCUT2D eigenvalue weighted by molar-refractivity contribution is 0.0114. The van der Waals surface area contributed by atoms with Gasteiger partial charge in [0.25, 0.3) is 0 Å². The number of rotatable bonds is 3. The van der Waals surface area contributed by atoms with Crippen LogP contribution >= 0.6 is 22.6 Å². The SMILES string of the molecule is [B][C@@H]1O[C@H](COC)[C@@H](I)[C@H]1OC. The minimum absolute atomic E-state index is 0.0225. The highest BCUT2D eigenvalue weighted by Crippen LogP contribution is 2.28. The Morgan fingerprint density at radius 3 is 2.58 bits per heavy atom. The minimum Gasteiger partial charge on any atom is -0.382 e. The molecule has 0 aromatic carbocycles. The van der Waals surface area contributed by atoms with Gasteiger partial charge in [-0.3, -0.25) is 0 Å².